The summed E-state index contributed by atoms with van der Waals surface area (Å²) in [6, 6.07) is 0. The van der Waals surface area contributed by atoms with Gasteiger partial charge in [0.1, 0.15) is 0 Å². The lowest BCUT2D eigenvalue weighted by Gasteiger charge is -2.14. The summed E-state index contributed by atoms with van der Waals surface area (Å²) in [6.07, 6.45) is 0. The molecule has 52 valence electrons. The topological polar surface area (TPSA) is 15.3 Å². The molecular weight excluding hydrogens is 136 g/mol. The van der Waals surface area contributed by atoms with Crippen LogP contribution >= 0.6 is 11.6 Å². The molecule has 0 saturated carbocycles. The van der Waals surface area contributed by atoms with Crippen LogP contribution in [0, 0.1) is 0 Å². The third-order valence-electron chi connectivity index (χ3n) is 1.45. The maximum Gasteiger partial charge on any atom is 0.0940 e. The van der Waals surface area contributed by atoms with Gasteiger partial charge >= 0.3 is 0 Å². The Morgan fingerprint density at radius 1 is 1.78 bits per heavy atom. The van der Waals surface area contributed by atoms with Gasteiger partial charge in [0.2, 0.25) is 0 Å². The molecule has 0 aromatic carbocycles. The molecule has 1 aliphatic rings. The van der Waals surface area contributed by atoms with Gasteiger partial charge in [-0.3, -0.25) is 0 Å². The van der Waals surface area contributed by atoms with Crippen LogP contribution < -0.4 is 5.32 Å². The van der Waals surface area contributed by atoms with Gasteiger partial charge in [0, 0.05) is 25.5 Å². The fraction of sp³-hybridized carbons (Fsp3) is 0.667. The van der Waals surface area contributed by atoms with Crippen molar-refractivity contribution < 1.29 is 0 Å². The second-order valence-corrected chi connectivity index (χ2v) is 2.43. The number of hydrogen-bond acceptors (Lipinski definition) is 2. The maximum absolute atomic E-state index is 5.54. The van der Waals surface area contributed by atoms with Crippen molar-refractivity contribution in [2.45, 2.75) is 0 Å². The molecule has 0 aromatic rings. The Morgan fingerprint density at radius 2 is 2.56 bits per heavy atom. The van der Waals surface area contributed by atoms with Crippen molar-refractivity contribution in [3.05, 3.63) is 12.4 Å². The Bertz CT molecular complexity index is 114. The van der Waals surface area contributed by atoms with Crippen molar-refractivity contribution in [3.8, 4) is 0 Å². The Hall–Kier alpha value is -0.370. The van der Waals surface area contributed by atoms with Gasteiger partial charge in [-0.2, -0.15) is 0 Å². The SMILES string of the molecule is C=C1NCCN1CCCl. The number of rotatable bonds is 2. The highest BCUT2D eigenvalue weighted by Crippen LogP contribution is 2.03. The second-order valence-electron chi connectivity index (χ2n) is 2.05. The van der Waals surface area contributed by atoms with Gasteiger partial charge in [0.15, 0.2) is 0 Å². The van der Waals surface area contributed by atoms with Gasteiger partial charge in [-0.15, -0.1) is 11.6 Å². The summed E-state index contributed by atoms with van der Waals surface area (Å²) in [5, 5.41) is 3.13. The summed E-state index contributed by atoms with van der Waals surface area (Å²) >= 11 is 5.54. The zero-order chi connectivity index (χ0) is 6.69. The molecule has 0 amide bonds. The number of nitrogens with zero attached hydrogens (tertiary/aromatic N) is 1. The van der Waals surface area contributed by atoms with Crippen LogP contribution in [0.3, 0.4) is 0 Å². The number of hydrogen-bond donors (Lipinski definition) is 1. The molecule has 1 rings (SSSR count). The van der Waals surface area contributed by atoms with E-state index in [2.05, 4.69) is 16.8 Å². The summed E-state index contributed by atoms with van der Waals surface area (Å²) in [6.45, 7) is 6.78. The van der Waals surface area contributed by atoms with Crippen LogP contribution in [-0.2, 0) is 0 Å². The van der Waals surface area contributed by atoms with Crippen molar-refractivity contribution in [2.24, 2.45) is 0 Å². The van der Waals surface area contributed by atoms with E-state index in [1.54, 1.807) is 0 Å². The molecule has 9 heavy (non-hydrogen) atoms. The Morgan fingerprint density at radius 3 is 3.00 bits per heavy atom. The molecular formula is C6H11ClN2. The molecule has 1 aliphatic heterocycles. The molecule has 0 spiro atoms. The first-order valence-corrected chi connectivity index (χ1v) is 3.61. The van der Waals surface area contributed by atoms with E-state index in [1.807, 2.05) is 0 Å². The van der Waals surface area contributed by atoms with Crippen LogP contribution in [0.2, 0.25) is 0 Å². The molecule has 0 aromatic heterocycles. The smallest absolute Gasteiger partial charge is 0.0940 e. The van der Waals surface area contributed by atoms with Crippen LogP contribution in [0.1, 0.15) is 0 Å². The van der Waals surface area contributed by atoms with Crippen LogP contribution in [0.15, 0.2) is 12.4 Å². The number of halogens is 1. The van der Waals surface area contributed by atoms with E-state index in [1.165, 1.54) is 0 Å². The molecule has 0 unspecified atom stereocenters. The van der Waals surface area contributed by atoms with E-state index < -0.39 is 0 Å². The highest BCUT2D eigenvalue weighted by molar-refractivity contribution is 6.18. The summed E-state index contributed by atoms with van der Waals surface area (Å²) < 4.78 is 0. The molecule has 1 fully saturated rings. The van der Waals surface area contributed by atoms with Crippen molar-refractivity contribution in [1.82, 2.24) is 10.2 Å². The third-order valence-corrected chi connectivity index (χ3v) is 1.62. The number of alkyl halides is 1. The summed E-state index contributed by atoms with van der Waals surface area (Å²) in [7, 11) is 0. The summed E-state index contributed by atoms with van der Waals surface area (Å²) in [4.78, 5) is 2.15. The molecule has 2 nitrogen and oxygen atoms in total. The van der Waals surface area contributed by atoms with Crippen LogP contribution in [-0.4, -0.2) is 30.4 Å². The van der Waals surface area contributed by atoms with E-state index in [0.29, 0.717) is 5.88 Å². The lowest BCUT2D eigenvalue weighted by atomic mass is 10.5. The van der Waals surface area contributed by atoms with Crippen molar-refractivity contribution >= 4 is 11.6 Å². The van der Waals surface area contributed by atoms with Crippen LogP contribution in [0.4, 0.5) is 0 Å². The van der Waals surface area contributed by atoms with Gasteiger partial charge in [-0.25, -0.2) is 0 Å². The van der Waals surface area contributed by atoms with Crippen molar-refractivity contribution in [3.63, 3.8) is 0 Å². The minimum Gasteiger partial charge on any atom is -0.370 e. The molecule has 1 saturated heterocycles. The van der Waals surface area contributed by atoms with Gasteiger partial charge in [0.05, 0.1) is 5.82 Å². The molecule has 0 aliphatic carbocycles. The normalized spacial score (nSPS) is 18.3. The minimum atomic E-state index is 0.681. The highest BCUT2D eigenvalue weighted by atomic mass is 35.5. The first kappa shape index (κ1) is 6.75. The third kappa shape index (κ3) is 1.52. The second kappa shape index (κ2) is 2.97. The maximum atomic E-state index is 5.54. The largest absolute Gasteiger partial charge is 0.370 e. The number of nitrogens with one attached hydrogen (secondary N) is 1. The van der Waals surface area contributed by atoms with E-state index in [9.17, 15) is 0 Å². The van der Waals surface area contributed by atoms with Crippen LogP contribution in [0.5, 0.6) is 0 Å². The Kier molecular flexibility index (Phi) is 2.22. The Balaban J connectivity index is 2.31. The monoisotopic (exact) mass is 146 g/mol. The van der Waals surface area contributed by atoms with E-state index in [0.717, 1.165) is 25.5 Å². The summed E-state index contributed by atoms with van der Waals surface area (Å²) in [5.41, 5.74) is 0. The predicted octanol–water partition coefficient (Wildman–Crippen LogP) is 0.602. The van der Waals surface area contributed by atoms with Crippen LogP contribution in [0.25, 0.3) is 0 Å². The fourth-order valence-electron chi connectivity index (χ4n) is 0.931. The zero-order valence-electron chi connectivity index (χ0n) is 5.36. The average molecular weight is 147 g/mol. The fourth-order valence-corrected chi connectivity index (χ4v) is 1.13. The molecule has 0 radical (unpaired) electrons. The van der Waals surface area contributed by atoms with E-state index in [-0.39, 0.29) is 0 Å². The zero-order valence-corrected chi connectivity index (χ0v) is 6.12. The van der Waals surface area contributed by atoms with E-state index >= 15 is 0 Å². The standard InChI is InChI=1S/C6H11ClN2/c1-6-8-3-5-9(6)4-2-7/h8H,1-5H2. The lowest BCUT2D eigenvalue weighted by molar-refractivity contribution is 0.422. The first-order valence-electron chi connectivity index (χ1n) is 3.08. The minimum absolute atomic E-state index is 0.681. The summed E-state index contributed by atoms with van der Waals surface area (Å²) in [5.74, 6) is 1.69. The van der Waals surface area contributed by atoms with Gasteiger partial charge < -0.3 is 10.2 Å². The average Bonchev–Trinajstić information content (AvgIpc) is 2.18. The van der Waals surface area contributed by atoms with Crippen molar-refractivity contribution in [1.29, 1.82) is 0 Å². The quantitative estimate of drug-likeness (QED) is 0.574. The van der Waals surface area contributed by atoms with E-state index in [4.69, 9.17) is 11.6 Å². The molecule has 3 heteroatoms. The molecule has 0 bridgehead atoms. The molecule has 0 atom stereocenters. The lowest BCUT2D eigenvalue weighted by Crippen LogP contribution is -2.21. The van der Waals surface area contributed by atoms with Gasteiger partial charge in [0.25, 0.3) is 0 Å². The van der Waals surface area contributed by atoms with Crippen molar-refractivity contribution in [2.75, 3.05) is 25.5 Å². The Labute approximate surface area is 60.5 Å². The van der Waals surface area contributed by atoms with Gasteiger partial charge in [-0.1, -0.05) is 6.58 Å². The first-order chi connectivity index (χ1) is 4.34. The predicted molar refractivity (Wildman–Crippen MR) is 39.4 cm³/mol. The highest BCUT2D eigenvalue weighted by Gasteiger charge is 2.11. The molecule has 1 heterocycles. The van der Waals surface area contributed by atoms with Gasteiger partial charge in [-0.05, 0) is 0 Å². The molecule has 1 N–H and O–H groups in total.